The van der Waals surface area contributed by atoms with E-state index in [0.29, 0.717) is 5.57 Å². The number of hydrogen-bond acceptors (Lipinski definition) is 3. The summed E-state index contributed by atoms with van der Waals surface area (Å²) >= 11 is 1.68. The molecule has 0 fully saturated rings. The summed E-state index contributed by atoms with van der Waals surface area (Å²) in [5.41, 5.74) is 10.9. The Morgan fingerprint density at radius 1 is 0.966 bits per heavy atom. The molecule has 146 valence electrons. The third-order valence-electron chi connectivity index (χ3n) is 5.20. The van der Waals surface area contributed by atoms with Crippen LogP contribution in [0.1, 0.15) is 27.5 Å². The van der Waals surface area contributed by atoms with E-state index in [1.165, 1.54) is 16.0 Å². The number of rotatable bonds is 6. The maximum atomic E-state index is 12.1. The molecule has 1 heterocycles. The van der Waals surface area contributed by atoms with Gasteiger partial charge in [-0.1, -0.05) is 60.7 Å². The lowest BCUT2D eigenvalue weighted by Gasteiger charge is -2.24. The molecular weight excluding hydrogens is 378 g/mol. The Morgan fingerprint density at radius 3 is 2.45 bits per heavy atom. The summed E-state index contributed by atoms with van der Waals surface area (Å²) in [5, 5.41) is -0.0781. The van der Waals surface area contributed by atoms with Gasteiger partial charge in [-0.05, 0) is 53.3 Å². The normalized spacial score (nSPS) is 15.3. The van der Waals surface area contributed by atoms with Crippen LogP contribution in [0.5, 0.6) is 5.75 Å². The molecule has 0 spiro atoms. The van der Waals surface area contributed by atoms with Crippen LogP contribution in [0.3, 0.4) is 0 Å². The Hall–Kier alpha value is -2.98. The van der Waals surface area contributed by atoms with Crippen LogP contribution in [0.25, 0.3) is 6.08 Å². The van der Waals surface area contributed by atoms with Crippen LogP contribution in [-0.4, -0.2) is 13.0 Å². The van der Waals surface area contributed by atoms with Gasteiger partial charge in [0.1, 0.15) is 5.75 Å². The second-order valence-electron chi connectivity index (χ2n) is 7.05. The van der Waals surface area contributed by atoms with Crippen molar-refractivity contribution < 1.29 is 9.53 Å². The van der Waals surface area contributed by atoms with Crippen molar-refractivity contribution in [3.05, 3.63) is 101 Å². The van der Waals surface area contributed by atoms with Crippen LogP contribution in [0.2, 0.25) is 0 Å². The molecule has 0 radical (unpaired) electrons. The molecule has 29 heavy (non-hydrogen) atoms. The van der Waals surface area contributed by atoms with Crippen molar-refractivity contribution in [1.29, 1.82) is 0 Å². The van der Waals surface area contributed by atoms with E-state index in [2.05, 4.69) is 36.4 Å². The van der Waals surface area contributed by atoms with Gasteiger partial charge in [0.15, 0.2) is 0 Å². The van der Waals surface area contributed by atoms with Gasteiger partial charge in [-0.25, -0.2) is 0 Å². The lowest BCUT2D eigenvalue weighted by atomic mass is 9.98. The van der Waals surface area contributed by atoms with E-state index in [4.69, 9.17) is 10.5 Å². The number of para-hydroxylation sites is 1. The van der Waals surface area contributed by atoms with Crippen molar-refractivity contribution >= 4 is 23.7 Å². The zero-order valence-corrected chi connectivity index (χ0v) is 17.1. The molecule has 0 aliphatic carbocycles. The number of carbonyl (C=O) groups excluding carboxylic acids is 1. The molecule has 1 atom stereocenters. The van der Waals surface area contributed by atoms with Gasteiger partial charge in [-0.15, -0.1) is 11.8 Å². The summed E-state index contributed by atoms with van der Waals surface area (Å²) in [6, 6.07) is 24.7. The Kier molecular flexibility index (Phi) is 5.72. The van der Waals surface area contributed by atoms with Crippen molar-refractivity contribution in [1.82, 2.24) is 0 Å². The van der Waals surface area contributed by atoms with Crippen molar-refractivity contribution in [3.63, 3.8) is 0 Å². The van der Waals surface area contributed by atoms with E-state index in [-0.39, 0.29) is 11.2 Å². The molecule has 0 saturated carbocycles. The Labute approximate surface area is 175 Å². The monoisotopic (exact) mass is 401 g/mol. The highest BCUT2D eigenvalue weighted by Crippen LogP contribution is 2.46. The first-order valence-corrected chi connectivity index (χ1v) is 10.5. The molecule has 4 heteroatoms. The summed E-state index contributed by atoms with van der Waals surface area (Å²) in [4.78, 5) is 13.2. The molecule has 0 aromatic heterocycles. The molecule has 0 bridgehead atoms. The first-order chi connectivity index (χ1) is 14.2. The van der Waals surface area contributed by atoms with Gasteiger partial charge >= 0.3 is 0 Å². The van der Waals surface area contributed by atoms with E-state index in [9.17, 15) is 4.79 Å². The fourth-order valence-electron chi connectivity index (χ4n) is 3.64. The molecule has 0 saturated heterocycles. The van der Waals surface area contributed by atoms with E-state index in [1.807, 2.05) is 42.5 Å². The number of aryl methyl sites for hydroxylation is 2. The third kappa shape index (κ3) is 4.22. The predicted octanol–water partition coefficient (Wildman–Crippen LogP) is 5.20. The summed E-state index contributed by atoms with van der Waals surface area (Å²) in [5.74, 6) is 0.565. The van der Waals surface area contributed by atoms with Crippen LogP contribution >= 0.6 is 11.8 Å². The Bertz CT molecular complexity index is 1060. The number of nitrogens with two attached hydrogens (primary N) is 1. The van der Waals surface area contributed by atoms with Crippen molar-refractivity contribution in [2.75, 3.05) is 7.11 Å². The highest BCUT2D eigenvalue weighted by Gasteiger charge is 2.26. The average Bonchev–Trinajstić information content (AvgIpc) is 2.77. The maximum absolute atomic E-state index is 12.1. The van der Waals surface area contributed by atoms with Gasteiger partial charge in [0.05, 0.1) is 12.4 Å². The van der Waals surface area contributed by atoms with Gasteiger partial charge < -0.3 is 10.5 Å². The largest absolute Gasteiger partial charge is 0.496 e. The van der Waals surface area contributed by atoms with Gasteiger partial charge in [-0.2, -0.15) is 0 Å². The quantitative estimate of drug-likeness (QED) is 0.618. The lowest BCUT2D eigenvalue weighted by Crippen LogP contribution is -2.19. The molecule has 3 nitrogen and oxygen atoms in total. The van der Waals surface area contributed by atoms with E-state index < -0.39 is 0 Å². The molecule has 4 rings (SSSR count). The minimum absolute atomic E-state index is 0.0781. The number of fused-ring (bicyclic) bond motifs is 1. The second-order valence-corrected chi connectivity index (χ2v) is 8.20. The lowest BCUT2D eigenvalue weighted by molar-refractivity contribution is -0.114. The van der Waals surface area contributed by atoms with Crippen molar-refractivity contribution in [3.8, 4) is 5.75 Å². The predicted molar refractivity (Wildman–Crippen MR) is 119 cm³/mol. The van der Waals surface area contributed by atoms with Crippen LogP contribution in [0, 0.1) is 0 Å². The van der Waals surface area contributed by atoms with Gasteiger partial charge in [0.2, 0.25) is 5.91 Å². The highest BCUT2D eigenvalue weighted by atomic mass is 32.2. The zero-order valence-electron chi connectivity index (χ0n) is 16.3. The average molecular weight is 402 g/mol. The number of ether oxygens (including phenoxy) is 1. The molecule has 1 unspecified atom stereocenters. The van der Waals surface area contributed by atoms with Gasteiger partial charge in [0, 0.05) is 10.5 Å². The fraction of sp³-hybridized carbons (Fsp3) is 0.160. The smallest absolute Gasteiger partial charge is 0.246 e. The molecule has 3 aromatic rings. The SMILES string of the molecule is COc1ccccc1CCc1ccc(C2Sc3ccccc3C=C2C(N)=O)cc1. The van der Waals surface area contributed by atoms with E-state index >= 15 is 0 Å². The maximum Gasteiger partial charge on any atom is 0.246 e. The first-order valence-electron chi connectivity index (χ1n) is 9.63. The van der Waals surface area contributed by atoms with Crippen LogP contribution < -0.4 is 10.5 Å². The van der Waals surface area contributed by atoms with E-state index in [1.54, 1.807) is 18.9 Å². The number of carbonyl (C=O) groups is 1. The van der Waals surface area contributed by atoms with E-state index in [0.717, 1.165) is 29.7 Å². The van der Waals surface area contributed by atoms with Crippen LogP contribution in [0.4, 0.5) is 0 Å². The number of thioether (sulfide) groups is 1. The van der Waals surface area contributed by atoms with Crippen LogP contribution in [-0.2, 0) is 17.6 Å². The zero-order chi connectivity index (χ0) is 20.2. The summed E-state index contributed by atoms with van der Waals surface area (Å²) in [6.07, 6.45) is 3.77. The topological polar surface area (TPSA) is 52.3 Å². The third-order valence-corrected chi connectivity index (χ3v) is 6.59. The molecule has 3 aromatic carbocycles. The highest BCUT2D eigenvalue weighted by molar-refractivity contribution is 8.00. The second kappa shape index (κ2) is 8.58. The fourth-order valence-corrected chi connectivity index (χ4v) is 4.91. The number of methoxy groups -OCH3 is 1. The minimum Gasteiger partial charge on any atom is -0.496 e. The number of primary amides is 1. The number of hydrogen-bond donors (Lipinski definition) is 1. The minimum atomic E-state index is -0.364. The standard InChI is InChI=1S/C25H23NO2S/c1-28-22-8-4-2-6-18(22)13-10-17-11-14-19(15-12-17)24-21(25(26)27)16-20-7-3-5-9-23(20)29-24/h2-9,11-12,14-16,24H,10,13H2,1H3,(H2,26,27). The Balaban J connectivity index is 1.52. The van der Waals surface area contributed by atoms with Crippen LogP contribution in [0.15, 0.2) is 83.3 Å². The summed E-state index contributed by atoms with van der Waals surface area (Å²) < 4.78 is 5.44. The molecule has 1 aliphatic heterocycles. The van der Waals surface area contributed by atoms with Crippen molar-refractivity contribution in [2.45, 2.75) is 23.0 Å². The van der Waals surface area contributed by atoms with Gasteiger partial charge in [-0.3, -0.25) is 4.79 Å². The molecule has 1 aliphatic rings. The molecule has 1 amide bonds. The van der Waals surface area contributed by atoms with Gasteiger partial charge in [0.25, 0.3) is 0 Å². The summed E-state index contributed by atoms with van der Waals surface area (Å²) in [6.45, 7) is 0. The van der Waals surface area contributed by atoms with Crippen molar-refractivity contribution in [2.24, 2.45) is 5.73 Å². The Morgan fingerprint density at radius 2 is 1.69 bits per heavy atom. The molecule has 2 N–H and O–H groups in total. The first kappa shape index (κ1) is 19.3. The number of amides is 1. The number of benzene rings is 3. The summed E-state index contributed by atoms with van der Waals surface area (Å²) in [7, 11) is 1.71. The molecular formula is C25H23NO2S.